The van der Waals surface area contributed by atoms with E-state index in [-0.39, 0.29) is 22.8 Å². The molecule has 1 aromatic rings. The third-order valence-electron chi connectivity index (χ3n) is 5.48. The fraction of sp³-hybridized carbons (Fsp3) is 0.611. The molecule has 0 unspecified atom stereocenters. The van der Waals surface area contributed by atoms with Gasteiger partial charge in [0.25, 0.3) is 5.69 Å². The third kappa shape index (κ3) is 3.39. The molecule has 7 heteroatoms. The van der Waals surface area contributed by atoms with Crippen LogP contribution in [0.2, 0.25) is 0 Å². The number of nitro benzene ring substituents is 1. The molecule has 0 N–H and O–H groups in total. The highest BCUT2D eigenvalue weighted by atomic mass is 16.7. The van der Waals surface area contributed by atoms with Crippen molar-refractivity contribution >= 4 is 11.4 Å². The summed E-state index contributed by atoms with van der Waals surface area (Å²) in [4.78, 5) is 21.3. The number of oxime groups is 1. The van der Waals surface area contributed by atoms with Crippen molar-refractivity contribution < 1.29 is 9.76 Å². The van der Waals surface area contributed by atoms with Crippen LogP contribution in [-0.4, -0.2) is 59.4 Å². The van der Waals surface area contributed by atoms with E-state index in [0.29, 0.717) is 0 Å². The van der Waals surface area contributed by atoms with Crippen LogP contribution in [0.1, 0.15) is 31.2 Å². The summed E-state index contributed by atoms with van der Waals surface area (Å²) in [6.45, 7) is 5.33. The van der Waals surface area contributed by atoms with E-state index in [0.717, 1.165) is 44.0 Å². The van der Waals surface area contributed by atoms with E-state index < -0.39 is 0 Å². The lowest BCUT2D eigenvalue weighted by molar-refractivity contribution is -0.384. The molecule has 0 saturated carbocycles. The van der Waals surface area contributed by atoms with Gasteiger partial charge in [0.05, 0.1) is 16.6 Å². The summed E-state index contributed by atoms with van der Waals surface area (Å²) < 4.78 is 0. The van der Waals surface area contributed by atoms with E-state index in [4.69, 9.17) is 4.84 Å². The number of hydrogen-bond acceptors (Lipinski definition) is 6. The van der Waals surface area contributed by atoms with Crippen LogP contribution < -0.4 is 0 Å². The van der Waals surface area contributed by atoms with Crippen LogP contribution in [0, 0.1) is 16.0 Å². The van der Waals surface area contributed by atoms with Gasteiger partial charge >= 0.3 is 0 Å². The quantitative estimate of drug-likeness (QED) is 0.606. The van der Waals surface area contributed by atoms with Crippen molar-refractivity contribution in [1.29, 1.82) is 0 Å². The number of benzene rings is 1. The Bertz CT molecular complexity index is 649. The normalized spacial score (nSPS) is 27.4. The molecule has 7 nitrogen and oxygen atoms in total. The van der Waals surface area contributed by atoms with Gasteiger partial charge in [0.1, 0.15) is 0 Å². The minimum absolute atomic E-state index is 0.00621. The second-order valence-corrected chi connectivity index (χ2v) is 7.13. The lowest BCUT2D eigenvalue weighted by atomic mass is 9.94. The number of likely N-dealkylation sites (tertiary alicyclic amines) is 2. The molecule has 4 rings (SSSR count). The summed E-state index contributed by atoms with van der Waals surface area (Å²) >= 11 is 0. The summed E-state index contributed by atoms with van der Waals surface area (Å²) in [6.07, 6.45) is 4.93. The van der Waals surface area contributed by atoms with Crippen molar-refractivity contribution in [3.05, 3.63) is 39.9 Å². The molecule has 1 aromatic carbocycles. The zero-order valence-electron chi connectivity index (χ0n) is 14.3. The maximum Gasteiger partial charge on any atom is 0.269 e. The first-order valence-electron chi connectivity index (χ1n) is 9.17. The van der Waals surface area contributed by atoms with Crippen LogP contribution in [0.3, 0.4) is 0 Å². The second kappa shape index (κ2) is 7.09. The van der Waals surface area contributed by atoms with Gasteiger partial charge in [0, 0.05) is 37.3 Å². The fourth-order valence-corrected chi connectivity index (χ4v) is 4.14. The number of hydrogen-bond donors (Lipinski definition) is 0. The van der Waals surface area contributed by atoms with Crippen LogP contribution in [-0.2, 0) is 4.84 Å². The average Bonchev–Trinajstić information content (AvgIpc) is 3.37. The molecule has 0 aliphatic carbocycles. The maximum absolute atomic E-state index is 10.9. The van der Waals surface area contributed by atoms with Crippen molar-refractivity contribution in [3.63, 3.8) is 0 Å². The molecule has 3 heterocycles. The molecular weight excluding hydrogens is 320 g/mol. The lowest BCUT2D eigenvalue weighted by Crippen LogP contribution is -2.44. The Morgan fingerprint density at radius 2 is 1.72 bits per heavy atom. The van der Waals surface area contributed by atoms with Gasteiger partial charge in [-0.1, -0.05) is 5.16 Å². The number of nitro groups is 1. The molecule has 134 valence electrons. The molecule has 0 radical (unpaired) electrons. The molecule has 0 bridgehead atoms. The molecule has 3 aliphatic rings. The highest BCUT2D eigenvalue weighted by Crippen LogP contribution is 2.30. The first kappa shape index (κ1) is 16.5. The molecule has 25 heavy (non-hydrogen) atoms. The summed E-state index contributed by atoms with van der Waals surface area (Å²) in [6, 6.07) is 6.69. The van der Waals surface area contributed by atoms with E-state index in [1.807, 2.05) is 0 Å². The highest BCUT2D eigenvalue weighted by Gasteiger charge is 2.41. The highest BCUT2D eigenvalue weighted by molar-refractivity contribution is 6.03. The van der Waals surface area contributed by atoms with Crippen molar-refractivity contribution in [2.24, 2.45) is 11.1 Å². The molecule has 2 saturated heterocycles. The van der Waals surface area contributed by atoms with Gasteiger partial charge in [0.15, 0.2) is 6.23 Å². The lowest BCUT2D eigenvalue weighted by Gasteiger charge is -2.29. The molecule has 2 atom stereocenters. The van der Waals surface area contributed by atoms with Crippen molar-refractivity contribution in [2.45, 2.75) is 31.9 Å². The molecular formula is C18H24N4O3. The monoisotopic (exact) mass is 344 g/mol. The Balaban J connectivity index is 1.56. The van der Waals surface area contributed by atoms with Gasteiger partial charge in [-0.3, -0.25) is 15.0 Å². The fourth-order valence-electron chi connectivity index (χ4n) is 4.14. The summed E-state index contributed by atoms with van der Waals surface area (Å²) in [5, 5.41) is 15.3. The van der Waals surface area contributed by atoms with Crippen molar-refractivity contribution in [1.82, 2.24) is 9.80 Å². The Hall–Kier alpha value is -1.99. The van der Waals surface area contributed by atoms with E-state index in [1.54, 1.807) is 24.3 Å². The van der Waals surface area contributed by atoms with Crippen molar-refractivity contribution in [2.75, 3.05) is 32.7 Å². The SMILES string of the molecule is O=[N+]([O-])c1ccc(C2=NO[C@H](N3CCCC3)[C@H]2CN2CCCC2)cc1. The first-order valence-corrected chi connectivity index (χ1v) is 9.17. The van der Waals surface area contributed by atoms with Crippen LogP contribution in [0.4, 0.5) is 5.69 Å². The number of non-ortho nitro benzene ring substituents is 1. The van der Waals surface area contributed by atoms with Gasteiger partial charge in [-0.2, -0.15) is 0 Å². The van der Waals surface area contributed by atoms with Crippen LogP contribution in [0.25, 0.3) is 0 Å². The standard InChI is InChI=1S/C18H24N4O3/c23-22(24)15-7-5-14(6-8-15)17-16(13-20-9-1-2-10-20)18(25-19-17)21-11-3-4-12-21/h5-8,16,18H,1-4,9-13H2/t16-,18-/m0/s1. The molecule has 0 aromatic heterocycles. The summed E-state index contributed by atoms with van der Waals surface area (Å²) in [7, 11) is 0. The Kier molecular flexibility index (Phi) is 4.67. The maximum atomic E-state index is 10.9. The summed E-state index contributed by atoms with van der Waals surface area (Å²) in [5.74, 6) is 0.192. The average molecular weight is 344 g/mol. The van der Waals surface area contributed by atoms with E-state index in [9.17, 15) is 10.1 Å². The van der Waals surface area contributed by atoms with Gasteiger partial charge in [0.2, 0.25) is 0 Å². The zero-order valence-corrected chi connectivity index (χ0v) is 14.3. The number of nitrogens with zero attached hydrogens (tertiary/aromatic N) is 4. The molecule has 3 aliphatic heterocycles. The Labute approximate surface area is 147 Å². The van der Waals surface area contributed by atoms with Crippen LogP contribution >= 0.6 is 0 Å². The number of rotatable bonds is 5. The predicted octanol–water partition coefficient (Wildman–Crippen LogP) is 2.46. The molecule has 0 spiro atoms. The predicted molar refractivity (Wildman–Crippen MR) is 94.5 cm³/mol. The minimum Gasteiger partial charge on any atom is -0.375 e. The van der Waals surface area contributed by atoms with Gasteiger partial charge < -0.3 is 9.74 Å². The van der Waals surface area contributed by atoms with Crippen molar-refractivity contribution in [3.8, 4) is 0 Å². The van der Waals surface area contributed by atoms with Crippen LogP contribution in [0.15, 0.2) is 29.4 Å². The second-order valence-electron chi connectivity index (χ2n) is 7.13. The smallest absolute Gasteiger partial charge is 0.269 e. The molecule has 2 fully saturated rings. The van der Waals surface area contributed by atoms with E-state index in [2.05, 4.69) is 15.0 Å². The Morgan fingerprint density at radius 3 is 2.36 bits per heavy atom. The zero-order chi connectivity index (χ0) is 17.2. The van der Waals surface area contributed by atoms with Gasteiger partial charge in [-0.25, -0.2) is 0 Å². The topological polar surface area (TPSA) is 71.2 Å². The summed E-state index contributed by atoms with van der Waals surface area (Å²) in [5.41, 5.74) is 1.96. The first-order chi connectivity index (χ1) is 12.2. The largest absolute Gasteiger partial charge is 0.375 e. The molecule has 0 amide bonds. The Morgan fingerprint density at radius 1 is 1.08 bits per heavy atom. The minimum atomic E-state index is -0.370. The van der Waals surface area contributed by atoms with E-state index >= 15 is 0 Å². The van der Waals surface area contributed by atoms with Crippen LogP contribution in [0.5, 0.6) is 0 Å². The van der Waals surface area contributed by atoms with Gasteiger partial charge in [-0.15, -0.1) is 0 Å². The van der Waals surface area contributed by atoms with Gasteiger partial charge in [-0.05, 0) is 50.9 Å². The van der Waals surface area contributed by atoms with E-state index in [1.165, 1.54) is 25.7 Å². The third-order valence-corrected chi connectivity index (χ3v) is 5.48.